The molecule has 0 aliphatic heterocycles. The lowest BCUT2D eigenvalue weighted by atomic mass is 10.3. The Morgan fingerprint density at radius 2 is 1.95 bits per heavy atom. The number of nitrogens with one attached hydrogen (secondary N) is 2. The van der Waals surface area contributed by atoms with Crippen molar-refractivity contribution >= 4 is 21.4 Å². The molecule has 0 saturated heterocycles. The van der Waals surface area contributed by atoms with E-state index in [0.717, 1.165) is 18.3 Å². The average molecular weight is 313 g/mol. The number of hydrogen-bond donors (Lipinski definition) is 2. The third kappa shape index (κ3) is 3.46. The monoisotopic (exact) mass is 313 g/mol. The first-order chi connectivity index (χ1) is 9.94. The maximum absolute atomic E-state index is 13.5. The fourth-order valence-corrected chi connectivity index (χ4v) is 2.90. The van der Waals surface area contributed by atoms with Gasteiger partial charge >= 0.3 is 0 Å². The topological polar surface area (TPSA) is 71.1 Å². The van der Waals surface area contributed by atoms with Crippen LogP contribution >= 0.6 is 0 Å². The molecule has 0 aliphatic carbocycles. The average Bonchev–Trinajstić information content (AvgIpc) is 2.43. The zero-order valence-electron chi connectivity index (χ0n) is 11.1. The number of halogens is 2. The van der Waals surface area contributed by atoms with Crippen molar-refractivity contribution in [3.05, 3.63) is 48.3 Å². The van der Waals surface area contributed by atoms with Crippen LogP contribution in [0.3, 0.4) is 0 Å². The molecule has 0 amide bonds. The van der Waals surface area contributed by atoms with Gasteiger partial charge in [-0.2, -0.15) is 0 Å². The van der Waals surface area contributed by atoms with E-state index in [2.05, 4.69) is 15.0 Å². The maximum atomic E-state index is 13.5. The number of rotatable bonds is 5. The molecule has 2 N–H and O–H groups in total. The summed E-state index contributed by atoms with van der Waals surface area (Å²) in [6.45, 7) is 2.32. The minimum absolute atomic E-state index is 0.115. The van der Waals surface area contributed by atoms with Crippen LogP contribution in [0.25, 0.3) is 0 Å². The number of hydrogen-bond acceptors (Lipinski definition) is 4. The van der Waals surface area contributed by atoms with Gasteiger partial charge < -0.3 is 5.32 Å². The minimum Gasteiger partial charge on any atom is -0.384 e. The van der Waals surface area contributed by atoms with E-state index >= 15 is 0 Å². The molecular weight excluding hydrogens is 300 g/mol. The van der Waals surface area contributed by atoms with Crippen LogP contribution in [0.1, 0.15) is 6.92 Å². The smallest absolute Gasteiger partial charge is 0.265 e. The van der Waals surface area contributed by atoms with Crippen LogP contribution in [-0.4, -0.2) is 19.9 Å². The highest BCUT2D eigenvalue weighted by Crippen LogP contribution is 2.24. The second-order valence-corrected chi connectivity index (χ2v) is 5.78. The Bertz CT molecular complexity index is 751. The lowest BCUT2D eigenvalue weighted by Gasteiger charge is -2.12. The quantitative estimate of drug-likeness (QED) is 0.890. The predicted molar refractivity (Wildman–Crippen MR) is 75.6 cm³/mol. The maximum Gasteiger partial charge on any atom is 0.265 e. The van der Waals surface area contributed by atoms with Crippen molar-refractivity contribution in [2.24, 2.45) is 0 Å². The summed E-state index contributed by atoms with van der Waals surface area (Å²) in [4.78, 5) is 3.64. The van der Waals surface area contributed by atoms with Crippen LogP contribution < -0.4 is 10.0 Å². The molecule has 1 aromatic carbocycles. The number of aromatic nitrogens is 1. The Balaban J connectivity index is 2.39. The molecule has 1 aromatic heterocycles. The molecule has 2 aromatic rings. The van der Waals surface area contributed by atoms with Gasteiger partial charge in [-0.3, -0.25) is 9.71 Å². The molecule has 0 fully saturated rings. The molecule has 0 atom stereocenters. The van der Waals surface area contributed by atoms with Gasteiger partial charge in [0.05, 0.1) is 11.4 Å². The molecule has 0 spiro atoms. The van der Waals surface area contributed by atoms with E-state index < -0.39 is 21.7 Å². The van der Waals surface area contributed by atoms with E-state index in [1.54, 1.807) is 0 Å². The molecule has 112 valence electrons. The molecule has 0 bridgehead atoms. The first kappa shape index (κ1) is 15.2. The molecule has 0 saturated carbocycles. The molecule has 2 rings (SSSR count). The van der Waals surface area contributed by atoms with Gasteiger partial charge in [-0.1, -0.05) is 0 Å². The van der Waals surface area contributed by atoms with Gasteiger partial charge in [0.25, 0.3) is 10.0 Å². The van der Waals surface area contributed by atoms with Gasteiger partial charge in [0, 0.05) is 25.0 Å². The highest BCUT2D eigenvalue weighted by molar-refractivity contribution is 7.92. The first-order valence-electron chi connectivity index (χ1n) is 6.10. The van der Waals surface area contributed by atoms with E-state index in [0.29, 0.717) is 18.3 Å². The van der Waals surface area contributed by atoms with Gasteiger partial charge in [-0.15, -0.1) is 0 Å². The number of anilines is 2. The fourth-order valence-electron chi connectivity index (χ4n) is 1.70. The summed E-state index contributed by atoms with van der Waals surface area (Å²) in [5, 5.41) is 2.88. The first-order valence-corrected chi connectivity index (χ1v) is 7.58. The van der Waals surface area contributed by atoms with Gasteiger partial charge in [0.15, 0.2) is 0 Å². The van der Waals surface area contributed by atoms with E-state index in [1.165, 1.54) is 12.3 Å². The standard InChI is InChI=1S/C13H13F2N3O2S/c1-2-17-12-5-6-16-8-13(12)21(19,20)18-11-4-3-9(14)7-10(11)15/h3-8,18H,2H2,1H3,(H,16,17). The molecule has 5 nitrogen and oxygen atoms in total. The normalized spacial score (nSPS) is 11.2. The van der Waals surface area contributed by atoms with E-state index in [-0.39, 0.29) is 10.6 Å². The van der Waals surface area contributed by atoms with Crippen LogP contribution in [0.5, 0.6) is 0 Å². The summed E-state index contributed by atoms with van der Waals surface area (Å²) in [6, 6.07) is 4.09. The van der Waals surface area contributed by atoms with Crippen molar-refractivity contribution < 1.29 is 17.2 Å². The molecule has 0 radical (unpaired) electrons. The van der Waals surface area contributed by atoms with Gasteiger partial charge in [0.2, 0.25) is 0 Å². The van der Waals surface area contributed by atoms with Gasteiger partial charge in [0.1, 0.15) is 16.5 Å². The highest BCUT2D eigenvalue weighted by atomic mass is 32.2. The van der Waals surface area contributed by atoms with E-state index in [9.17, 15) is 17.2 Å². The predicted octanol–water partition coefficient (Wildman–Crippen LogP) is 2.59. The highest BCUT2D eigenvalue weighted by Gasteiger charge is 2.20. The van der Waals surface area contributed by atoms with Gasteiger partial charge in [-0.25, -0.2) is 17.2 Å². The molecule has 8 heteroatoms. The number of nitrogens with zero attached hydrogens (tertiary/aromatic N) is 1. The van der Waals surface area contributed by atoms with Crippen molar-refractivity contribution in [3.63, 3.8) is 0 Å². The second-order valence-electron chi connectivity index (χ2n) is 4.13. The Morgan fingerprint density at radius 3 is 2.62 bits per heavy atom. The lowest BCUT2D eigenvalue weighted by Crippen LogP contribution is -2.16. The molecule has 0 aliphatic rings. The van der Waals surface area contributed by atoms with Crippen LogP contribution in [0.15, 0.2) is 41.6 Å². The summed E-state index contributed by atoms with van der Waals surface area (Å²) < 4.78 is 53.0. The van der Waals surface area contributed by atoms with Crippen molar-refractivity contribution in [1.82, 2.24) is 4.98 Å². The zero-order chi connectivity index (χ0) is 15.5. The lowest BCUT2D eigenvalue weighted by molar-refractivity contribution is 0.582. The van der Waals surface area contributed by atoms with Gasteiger partial charge in [-0.05, 0) is 25.1 Å². The largest absolute Gasteiger partial charge is 0.384 e. The second kappa shape index (κ2) is 6.04. The number of pyridine rings is 1. The van der Waals surface area contributed by atoms with Crippen molar-refractivity contribution in [2.75, 3.05) is 16.6 Å². The molecule has 1 heterocycles. The van der Waals surface area contributed by atoms with Crippen molar-refractivity contribution in [1.29, 1.82) is 0 Å². The zero-order valence-corrected chi connectivity index (χ0v) is 11.9. The van der Waals surface area contributed by atoms with Crippen LogP contribution in [0.4, 0.5) is 20.2 Å². The summed E-state index contributed by atoms with van der Waals surface area (Å²) >= 11 is 0. The van der Waals surface area contributed by atoms with Crippen LogP contribution in [0.2, 0.25) is 0 Å². The summed E-state index contributed by atoms with van der Waals surface area (Å²) in [7, 11) is -4.04. The Kier molecular flexibility index (Phi) is 4.37. The molecule has 0 unspecified atom stereocenters. The van der Waals surface area contributed by atoms with Crippen molar-refractivity contribution in [2.45, 2.75) is 11.8 Å². The number of benzene rings is 1. The summed E-state index contributed by atoms with van der Waals surface area (Å²) in [5.41, 5.74) is 0.0187. The number of sulfonamides is 1. The third-order valence-electron chi connectivity index (χ3n) is 2.62. The Hall–Kier alpha value is -2.22. The SMILES string of the molecule is CCNc1ccncc1S(=O)(=O)Nc1ccc(F)cc1F. The summed E-state index contributed by atoms with van der Waals surface area (Å²) in [6.07, 6.45) is 2.59. The van der Waals surface area contributed by atoms with Crippen LogP contribution in [0, 0.1) is 11.6 Å². The van der Waals surface area contributed by atoms with E-state index in [1.807, 2.05) is 6.92 Å². The minimum atomic E-state index is -4.04. The van der Waals surface area contributed by atoms with Crippen LogP contribution in [-0.2, 0) is 10.0 Å². The third-order valence-corrected chi connectivity index (χ3v) is 4.01. The molecule has 21 heavy (non-hydrogen) atoms. The Morgan fingerprint density at radius 1 is 1.19 bits per heavy atom. The van der Waals surface area contributed by atoms with Crippen molar-refractivity contribution in [3.8, 4) is 0 Å². The fraction of sp³-hybridized carbons (Fsp3) is 0.154. The Labute approximate surface area is 121 Å². The van der Waals surface area contributed by atoms with E-state index in [4.69, 9.17) is 0 Å². The summed E-state index contributed by atoms with van der Waals surface area (Å²) in [5.74, 6) is -1.78. The molecular formula is C13H13F2N3O2S.